The lowest BCUT2D eigenvalue weighted by atomic mass is 10.1. The fraction of sp³-hybridized carbons (Fsp3) is 0.273. The molecule has 0 saturated carbocycles. The summed E-state index contributed by atoms with van der Waals surface area (Å²) in [7, 11) is 1.63. The third kappa shape index (κ3) is 5.18. The Balaban J connectivity index is 1.81. The van der Waals surface area contributed by atoms with Crippen LogP contribution in [0.2, 0.25) is 5.02 Å². The van der Waals surface area contributed by atoms with Crippen molar-refractivity contribution in [1.82, 2.24) is 4.90 Å². The van der Waals surface area contributed by atoms with Gasteiger partial charge in [0.1, 0.15) is 11.4 Å². The lowest BCUT2D eigenvalue weighted by Crippen LogP contribution is -2.33. The monoisotopic (exact) mass is 414 g/mol. The van der Waals surface area contributed by atoms with Gasteiger partial charge in [-0.2, -0.15) is 0 Å². The molecule has 0 atom stereocenters. The van der Waals surface area contributed by atoms with Crippen molar-refractivity contribution in [3.63, 3.8) is 0 Å². The number of halogens is 1. The van der Waals surface area contributed by atoms with E-state index in [4.69, 9.17) is 16.3 Å². The van der Waals surface area contributed by atoms with E-state index < -0.39 is 0 Å². The van der Waals surface area contributed by atoms with E-state index in [0.29, 0.717) is 23.2 Å². The fourth-order valence-electron chi connectivity index (χ4n) is 2.75. The summed E-state index contributed by atoms with van der Waals surface area (Å²) >= 11 is 7.52. The molecule has 0 aromatic heterocycles. The van der Waals surface area contributed by atoms with E-state index in [-0.39, 0.29) is 5.91 Å². The third-order valence-electron chi connectivity index (χ3n) is 4.16. The van der Waals surface area contributed by atoms with Crippen LogP contribution in [0.3, 0.4) is 0 Å². The SMILES string of the molecule is COc1ccc(/C=C2/N=C(SCc3ccc(Cl)cc3)N(CC(C)C)C2=O)cc1. The van der Waals surface area contributed by atoms with E-state index in [1.54, 1.807) is 23.8 Å². The summed E-state index contributed by atoms with van der Waals surface area (Å²) in [5.41, 5.74) is 2.52. The van der Waals surface area contributed by atoms with E-state index in [9.17, 15) is 4.79 Å². The fourth-order valence-corrected chi connectivity index (χ4v) is 3.84. The molecule has 0 bridgehead atoms. The maximum atomic E-state index is 12.9. The molecular weight excluding hydrogens is 392 g/mol. The first-order chi connectivity index (χ1) is 13.5. The molecule has 0 fully saturated rings. The number of carbonyl (C=O) groups excluding carboxylic acids is 1. The van der Waals surface area contributed by atoms with Crippen molar-refractivity contribution in [2.24, 2.45) is 10.9 Å². The average molecular weight is 415 g/mol. The maximum absolute atomic E-state index is 12.9. The Morgan fingerprint density at radius 2 is 1.82 bits per heavy atom. The second-order valence-corrected chi connectivity index (χ2v) is 8.30. The quantitative estimate of drug-likeness (QED) is 0.588. The largest absolute Gasteiger partial charge is 0.497 e. The van der Waals surface area contributed by atoms with Gasteiger partial charge in [-0.05, 0) is 47.4 Å². The molecule has 0 radical (unpaired) electrons. The highest BCUT2D eigenvalue weighted by Gasteiger charge is 2.30. The number of thioether (sulfide) groups is 1. The Morgan fingerprint density at radius 3 is 2.43 bits per heavy atom. The highest BCUT2D eigenvalue weighted by molar-refractivity contribution is 8.13. The van der Waals surface area contributed by atoms with Gasteiger partial charge in [0.2, 0.25) is 0 Å². The van der Waals surface area contributed by atoms with Crippen LogP contribution in [0, 0.1) is 5.92 Å². The van der Waals surface area contributed by atoms with Crippen molar-refractivity contribution in [2.75, 3.05) is 13.7 Å². The number of carbonyl (C=O) groups is 1. The van der Waals surface area contributed by atoms with E-state index in [2.05, 4.69) is 18.8 Å². The van der Waals surface area contributed by atoms with Crippen LogP contribution in [0.15, 0.2) is 59.2 Å². The van der Waals surface area contributed by atoms with Gasteiger partial charge in [-0.15, -0.1) is 0 Å². The van der Waals surface area contributed by atoms with Crippen LogP contribution in [0.1, 0.15) is 25.0 Å². The maximum Gasteiger partial charge on any atom is 0.278 e. The van der Waals surface area contributed by atoms with E-state index in [0.717, 1.165) is 27.8 Å². The number of rotatable bonds is 6. The minimum atomic E-state index is -0.0527. The van der Waals surface area contributed by atoms with Crippen LogP contribution >= 0.6 is 23.4 Å². The Kier molecular flexibility index (Phi) is 6.81. The number of nitrogens with zero attached hydrogens (tertiary/aromatic N) is 2. The van der Waals surface area contributed by atoms with Crippen molar-refractivity contribution in [3.8, 4) is 5.75 Å². The summed E-state index contributed by atoms with van der Waals surface area (Å²) in [6, 6.07) is 15.3. The van der Waals surface area contributed by atoms with Crippen LogP contribution in [0.4, 0.5) is 0 Å². The highest BCUT2D eigenvalue weighted by Crippen LogP contribution is 2.27. The summed E-state index contributed by atoms with van der Waals surface area (Å²) < 4.78 is 5.18. The van der Waals surface area contributed by atoms with E-state index in [1.165, 1.54) is 0 Å². The minimum absolute atomic E-state index is 0.0527. The van der Waals surface area contributed by atoms with Gasteiger partial charge in [-0.3, -0.25) is 9.69 Å². The smallest absolute Gasteiger partial charge is 0.278 e. The van der Waals surface area contributed by atoms with E-state index in [1.807, 2.05) is 54.6 Å². The molecule has 0 unspecified atom stereocenters. The van der Waals surface area contributed by atoms with Gasteiger partial charge in [-0.1, -0.05) is 61.5 Å². The van der Waals surface area contributed by atoms with Gasteiger partial charge in [0, 0.05) is 17.3 Å². The number of ether oxygens (including phenoxy) is 1. The van der Waals surface area contributed by atoms with Crippen LogP contribution in [-0.4, -0.2) is 29.6 Å². The molecule has 1 aliphatic rings. The first-order valence-electron chi connectivity index (χ1n) is 9.10. The Morgan fingerprint density at radius 1 is 1.14 bits per heavy atom. The molecule has 1 aliphatic heterocycles. The number of hydrogen-bond acceptors (Lipinski definition) is 4. The molecule has 0 aliphatic carbocycles. The van der Waals surface area contributed by atoms with Crippen LogP contribution in [0.25, 0.3) is 6.08 Å². The molecular formula is C22H23ClN2O2S. The zero-order chi connectivity index (χ0) is 20.1. The van der Waals surface area contributed by atoms with Crippen LogP contribution in [-0.2, 0) is 10.5 Å². The molecule has 0 saturated heterocycles. The molecule has 4 nitrogen and oxygen atoms in total. The summed E-state index contributed by atoms with van der Waals surface area (Å²) in [4.78, 5) is 19.3. The molecule has 2 aromatic carbocycles. The third-order valence-corrected chi connectivity index (χ3v) is 5.46. The molecule has 6 heteroatoms. The van der Waals surface area contributed by atoms with Gasteiger partial charge in [0.05, 0.1) is 7.11 Å². The van der Waals surface area contributed by atoms with Crippen LogP contribution in [0.5, 0.6) is 5.75 Å². The summed E-state index contributed by atoms with van der Waals surface area (Å²) in [6.07, 6.45) is 1.82. The zero-order valence-electron chi connectivity index (χ0n) is 16.2. The van der Waals surface area contributed by atoms with Crippen molar-refractivity contribution in [2.45, 2.75) is 19.6 Å². The molecule has 0 N–H and O–H groups in total. The van der Waals surface area contributed by atoms with Crippen molar-refractivity contribution in [3.05, 3.63) is 70.4 Å². The van der Waals surface area contributed by atoms with Crippen molar-refractivity contribution in [1.29, 1.82) is 0 Å². The summed E-state index contributed by atoms with van der Waals surface area (Å²) in [5, 5.41) is 1.46. The summed E-state index contributed by atoms with van der Waals surface area (Å²) in [6.45, 7) is 4.84. The highest BCUT2D eigenvalue weighted by atomic mass is 35.5. The molecule has 1 heterocycles. The number of hydrogen-bond donors (Lipinski definition) is 0. The van der Waals surface area contributed by atoms with Gasteiger partial charge in [-0.25, -0.2) is 4.99 Å². The van der Waals surface area contributed by atoms with Gasteiger partial charge >= 0.3 is 0 Å². The average Bonchev–Trinajstić information content (AvgIpc) is 2.96. The van der Waals surface area contributed by atoms with Crippen molar-refractivity contribution < 1.29 is 9.53 Å². The normalized spacial score (nSPS) is 15.5. The second-order valence-electron chi connectivity index (χ2n) is 6.92. The predicted molar refractivity (Wildman–Crippen MR) is 118 cm³/mol. The molecule has 0 spiro atoms. The zero-order valence-corrected chi connectivity index (χ0v) is 17.8. The number of aliphatic imine (C=N–C) groups is 1. The predicted octanol–water partition coefficient (Wildman–Crippen LogP) is 5.48. The number of amidine groups is 1. The van der Waals surface area contributed by atoms with Crippen LogP contribution < -0.4 is 4.74 Å². The first kappa shape index (κ1) is 20.5. The molecule has 146 valence electrons. The van der Waals surface area contributed by atoms with Gasteiger partial charge < -0.3 is 4.74 Å². The number of methoxy groups -OCH3 is 1. The first-order valence-corrected chi connectivity index (χ1v) is 10.5. The van der Waals surface area contributed by atoms with Gasteiger partial charge in [0.25, 0.3) is 5.91 Å². The number of benzene rings is 2. The Bertz CT molecular complexity index is 890. The topological polar surface area (TPSA) is 41.9 Å². The lowest BCUT2D eigenvalue weighted by molar-refractivity contribution is -0.122. The Labute approximate surface area is 175 Å². The molecule has 1 amide bonds. The molecule has 3 rings (SSSR count). The lowest BCUT2D eigenvalue weighted by Gasteiger charge is -2.19. The summed E-state index contributed by atoms with van der Waals surface area (Å²) in [5.74, 6) is 1.81. The number of amides is 1. The van der Waals surface area contributed by atoms with Crippen molar-refractivity contribution >= 4 is 40.5 Å². The van der Waals surface area contributed by atoms with Gasteiger partial charge in [0.15, 0.2) is 5.17 Å². The minimum Gasteiger partial charge on any atom is -0.497 e. The standard InChI is InChI=1S/C22H23ClN2O2S/c1-15(2)13-25-21(26)20(12-16-6-10-19(27-3)11-7-16)24-22(25)28-14-17-4-8-18(23)9-5-17/h4-12,15H,13-14H2,1-3H3/b20-12+. The Hall–Kier alpha value is -2.24. The van der Waals surface area contributed by atoms with E-state index >= 15 is 0 Å². The second kappa shape index (κ2) is 9.30. The molecule has 28 heavy (non-hydrogen) atoms. The molecule has 2 aromatic rings.